The summed E-state index contributed by atoms with van der Waals surface area (Å²) in [5, 5.41) is 0. The maximum Gasteiger partial charge on any atom is 0.337 e. The molecule has 1 rings (SSSR count). The summed E-state index contributed by atoms with van der Waals surface area (Å²) < 4.78 is 10.6. The molecule has 0 aliphatic carbocycles. The lowest BCUT2D eigenvalue weighted by Crippen LogP contribution is -2.15. The van der Waals surface area contributed by atoms with Crippen molar-refractivity contribution in [2.45, 2.75) is 34.1 Å². The second kappa shape index (κ2) is 7.17. The van der Waals surface area contributed by atoms with Crippen molar-refractivity contribution in [1.82, 2.24) is 0 Å². The molecule has 0 saturated carbocycles. The zero-order valence-electron chi connectivity index (χ0n) is 12.5. The van der Waals surface area contributed by atoms with Gasteiger partial charge in [-0.25, -0.2) is 4.79 Å². The van der Waals surface area contributed by atoms with E-state index in [9.17, 15) is 4.79 Å². The van der Waals surface area contributed by atoms with E-state index in [2.05, 4.69) is 27.7 Å². The van der Waals surface area contributed by atoms with E-state index in [1.165, 1.54) is 7.11 Å². The Labute approximate surface area is 115 Å². The van der Waals surface area contributed by atoms with E-state index in [1.54, 1.807) is 12.1 Å². The van der Waals surface area contributed by atoms with Crippen LogP contribution in [0, 0.1) is 11.8 Å². The summed E-state index contributed by atoms with van der Waals surface area (Å²) in [6, 6.07) is 5.49. The first kappa shape index (κ1) is 15.5. The summed E-state index contributed by atoms with van der Waals surface area (Å²) in [6.45, 7) is 9.26. The van der Waals surface area contributed by atoms with Gasteiger partial charge in [0.25, 0.3) is 0 Å². The minimum absolute atomic E-state index is 0.329. The summed E-state index contributed by atoms with van der Waals surface area (Å²) in [5.74, 6) is 1.52. The molecule has 0 unspecified atom stereocenters. The van der Waals surface area contributed by atoms with E-state index in [1.807, 2.05) is 6.07 Å². The predicted octanol–water partition coefficient (Wildman–Crippen LogP) is 3.71. The third-order valence-corrected chi connectivity index (χ3v) is 3.51. The minimum atomic E-state index is -0.329. The fraction of sp³-hybridized carbons (Fsp3) is 0.562. The summed E-state index contributed by atoms with van der Waals surface area (Å²) in [6.07, 6.45) is 0.882. The number of carbonyl (C=O) groups is 1. The van der Waals surface area contributed by atoms with Gasteiger partial charge < -0.3 is 9.47 Å². The number of aryl methyl sites for hydroxylation is 1. The SMILES string of the molecule is CCc1ccc(C(=O)OC)cc1OC[C@@H](C)C(C)C. The van der Waals surface area contributed by atoms with E-state index in [0.717, 1.165) is 17.7 Å². The first-order chi connectivity index (χ1) is 8.99. The maximum atomic E-state index is 11.5. The summed E-state index contributed by atoms with van der Waals surface area (Å²) >= 11 is 0. The number of benzene rings is 1. The van der Waals surface area contributed by atoms with Crippen LogP contribution in [0.4, 0.5) is 0 Å². The minimum Gasteiger partial charge on any atom is -0.493 e. The monoisotopic (exact) mass is 264 g/mol. The normalized spacial score (nSPS) is 12.3. The Morgan fingerprint density at radius 1 is 1.26 bits per heavy atom. The average molecular weight is 264 g/mol. The van der Waals surface area contributed by atoms with Crippen molar-refractivity contribution in [1.29, 1.82) is 0 Å². The molecule has 0 aliphatic heterocycles. The number of carbonyl (C=O) groups excluding carboxylic acids is 1. The lowest BCUT2D eigenvalue weighted by molar-refractivity contribution is 0.0600. The standard InChI is InChI=1S/C16H24O3/c1-6-13-7-8-14(16(17)18-5)9-15(13)19-10-12(4)11(2)3/h7-9,11-12H,6,10H2,1-5H3/t12-/m1/s1. The molecule has 0 aliphatic rings. The maximum absolute atomic E-state index is 11.5. The molecule has 19 heavy (non-hydrogen) atoms. The van der Waals surface area contributed by atoms with Crippen molar-refractivity contribution in [2.75, 3.05) is 13.7 Å². The summed E-state index contributed by atoms with van der Waals surface area (Å²) in [4.78, 5) is 11.5. The van der Waals surface area contributed by atoms with Crippen LogP contribution < -0.4 is 4.74 Å². The lowest BCUT2D eigenvalue weighted by atomic mass is 9.99. The molecule has 0 radical (unpaired) electrons. The Morgan fingerprint density at radius 2 is 1.95 bits per heavy atom. The van der Waals surface area contributed by atoms with Crippen LogP contribution in [0.25, 0.3) is 0 Å². The van der Waals surface area contributed by atoms with Crippen molar-refractivity contribution < 1.29 is 14.3 Å². The molecular weight excluding hydrogens is 240 g/mol. The quantitative estimate of drug-likeness (QED) is 0.735. The Bertz CT molecular complexity index is 424. The van der Waals surface area contributed by atoms with Gasteiger partial charge in [-0.2, -0.15) is 0 Å². The summed E-state index contributed by atoms with van der Waals surface area (Å²) in [5.41, 5.74) is 1.65. The van der Waals surface area contributed by atoms with Gasteiger partial charge in [0.15, 0.2) is 0 Å². The van der Waals surface area contributed by atoms with Crippen LogP contribution >= 0.6 is 0 Å². The molecule has 106 valence electrons. The van der Waals surface area contributed by atoms with Gasteiger partial charge in [-0.05, 0) is 36.0 Å². The first-order valence-electron chi connectivity index (χ1n) is 6.83. The highest BCUT2D eigenvalue weighted by molar-refractivity contribution is 5.89. The largest absolute Gasteiger partial charge is 0.493 e. The highest BCUT2D eigenvalue weighted by atomic mass is 16.5. The van der Waals surface area contributed by atoms with Gasteiger partial charge in [0.1, 0.15) is 5.75 Å². The number of methoxy groups -OCH3 is 1. The molecule has 0 bridgehead atoms. The van der Waals surface area contributed by atoms with Crippen molar-refractivity contribution in [3.63, 3.8) is 0 Å². The second-order valence-corrected chi connectivity index (χ2v) is 5.20. The Morgan fingerprint density at radius 3 is 2.47 bits per heavy atom. The van der Waals surface area contributed by atoms with Crippen LogP contribution in [0.2, 0.25) is 0 Å². The molecule has 0 heterocycles. The van der Waals surface area contributed by atoms with Gasteiger partial charge in [-0.3, -0.25) is 0 Å². The number of ether oxygens (including phenoxy) is 2. The van der Waals surface area contributed by atoms with Gasteiger partial charge >= 0.3 is 5.97 Å². The van der Waals surface area contributed by atoms with Gasteiger partial charge in [0.2, 0.25) is 0 Å². The lowest BCUT2D eigenvalue weighted by Gasteiger charge is -2.18. The van der Waals surface area contributed by atoms with E-state index >= 15 is 0 Å². The summed E-state index contributed by atoms with van der Waals surface area (Å²) in [7, 11) is 1.39. The molecule has 1 aromatic rings. The molecule has 0 N–H and O–H groups in total. The molecule has 0 aromatic heterocycles. The molecule has 1 atom stereocenters. The van der Waals surface area contributed by atoms with Gasteiger partial charge in [-0.15, -0.1) is 0 Å². The first-order valence-corrected chi connectivity index (χ1v) is 6.83. The Balaban J connectivity index is 2.87. The number of hydrogen-bond donors (Lipinski definition) is 0. The molecule has 0 saturated heterocycles. The third kappa shape index (κ3) is 4.27. The molecule has 0 amide bonds. The molecule has 1 aromatic carbocycles. The average Bonchev–Trinajstić information content (AvgIpc) is 2.43. The smallest absolute Gasteiger partial charge is 0.337 e. The van der Waals surface area contributed by atoms with Crippen LogP contribution in [0.15, 0.2) is 18.2 Å². The van der Waals surface area contributed by atoms with Gasteiger partial charge in [-0.1, -0.05) is 33.8 Å². The topological polar surface area (TPSA) is 35.5 Å². The van der Waals surface area contributed by atoms with Crippen LogP contribution in [-0.4, -0.2) is 19.7 Å². The van der Waals surface area contributed by atoms with Gasteiger partial charge in [0, 0.05) is 0 Å². The highest BCUT2D eigenvalue weighted by Crippen LogP contribution is 2.23. The molecule has 0 fully saturated rings. The van der Waals surface area contributed by atoms with Crippen LogP contribution in [0.1, 0.15) is 43.6 Å². The molecule has 3 heteroatoms. The van der Waals surface area contributed by atoms with E-state index in [4.69, 9.17) is 9.47 Å². The number of hydrogen-bond acceptors (Lipinski definition) is 3. The molecule has 3 nitrogen and oxygen atoms in total. The van der Waals surface area contributed by atoms with Gasteiger partial charge in [0.05, 0.1) is 19.3 Å². The second-order valence-electron chi connectivity index (χ2n) is 5.20. The third-order valence-electron chi connectivity index (χ3n) is 3.51. The van der Waals surface area contributed by atoms with Crippen molar-refractivity contribution in [3.05, 3.63) is 29.3 Å². The molecule has 0 spiro atoms. The number of rotatable bonds is 6. The molecular formula is C16H24O3. The zero-order chi connectivity index (χ0) is 14.4. The van der Waals surface area contributed by atoms with Crippen LogP contribution in [-0.2, 0) is 11.2 Å². The van der Waals surface area contributed by atoms with Crippen LogP contribution in [0.5, 0.6) is 5.75 Å². The van der Waals surface area contributed by atoms with Crippen molar-refractivity contribution in [3.8, 4) is 5.75 Å². The fourth-order valence-corrected chi connectivity index (χ4v) is 1.64. The van der Waals surface area contributed by atoms with Crippen molar-refractivity contribution in [2.24, 2.45) is 11.8 Å². The van der Waals surface area contributed by atoms with E-state index in [-0.39, 0.29) is 5.97 Å². The Hall–Kier alpha value is -1.51. The van der Waals surface area contributed by atoms with Crippen LogP contribution in [0.3, 0.4) is 0 Å². The number of esters is 1. The van der Waals surface area contributed by atoms with E-state index in [0.29, 0.717) is 24.0 Å². The Kier molecular flexibility index (Phi) is 5.87. The fourth-order valence-electron chi connectivity index (χ4n) is 1.64. The van der Waals surface area contributed by atoms with E-state index < -0.39 is 0 Å². The highest BCUT2D eigenvalue weighted by Gasteiger charge is 2.12. The zero-order valence-corrected chi connectivity index (χ0v) is 12.5. The predicted molar refractivity (Wildman–Crippen MR) is 76.7 cm³/mol. The van der Waals surface area contributed by atoms with Crippen molar-refractivity contribution >= 4 is 5.97 Å².